The zero-order chi connectivity index (χ0) is 13.4. The molecule has 0 aromatic heterocycles. The fourth-order valence-electron chi connectivity index (χ4n) is 3.36. The van der Waals surface area contributed by atoms with Crippen molar-refractivity contribution in [2.45, 2.75) is 83.7 Å². The van der Waals surface area contributed by atoms with Crippen LogP contribution in [0.5, 0.6) is 0 Å². The Labute approximate surface area is 114 Å². The molecule has 108 valence electrons. The Kier molecular flexibility index (Phi) is 7.92. The molecule has 0 amide bonds. The number of unbranched alkanes of at least 4 members (excludes halogenated alkanes) is 3. The summed E-state index contributed by atoms with van der Waals surface area (Å²) in [5.41, 5.74) is 5.99. The van der Waals surface area contributed by atoms with Crippen molar-refractivity contribution in [3.05, 3.63) is 0 Å². The molecule has 1 saturated carbocycles. The van der Waals surface area contributed by atoms with Crippen LogP contribution < -0.4 is 5.73 Å². The van der Waals surface area contributed by atoms with Crippen LogP contribution in [0.4, 0.5) is 0 Å². The molecule has 0 aromatic rings. The normalized spacial score (nSPS) is 26.5. The first-order valence-electron chi connectivity index (χ1n) is 8.11. The summed E-state index contributed by atoms with van der Waals surface area (Å²) in [5.74, 6) is 0.907. The maximum absolute atomic E-state index is 5.99. The van der Waals surface area contributed by atoms with Crippen molar-refractivity contribution in [2.75, 3.05) is 13.6 Å². The van der Waals surface area contributed by atoms with Crippen LogP contribution in [0.2, 0.25) is 0 Å². The average molecular weight is 254 g/mol. The maximum atomic E-state index is 5.99. The van der Waals surface area contributed by atoms with E-state index in [1.54, 1.807) is 0 Å². The molecule has 1 rings (SSSR count). The van der Waals surface area contributed by atoms with E-state index in [1.165, 1.54) is 57.8 Å². The first-order chi connectivity index (χ1) is 8.69. The molecule has 1 aliphatic carbocycles. The van der Waals surface area contributed by atoms with Gasteiger partial charge in [0.05, 0.1) is 0 Å². The molecule has 3 atom stereocenters. The zero-order valence-electron chi connectivity index (χ0n) is 12.8. The van der Waals surface area contributed by atoms with Crippen LogP contribution in [0.1, 0.15) is 71.6 Å². The Morgan fingerprint density at radius 2 is 2.00 bits per heavy atom. The summed E-state index contributed by atoms with van der Waals surface area (Å²) < 4.78 is 0. The lowest BCUT2D eigenvalue weighted by Crippen LogP contribution is -2.46. The summed E-state index contributed by atoms with van der Waals surface area (Å²) in [7, 11) is 2.31. The number of likely N-dealkylation sites (N-methyl/N-ethyl adjacent to an activating group) is 1. The summed E-state index contributed by atoms with van der Waals surface area (Å²) in [4.78, 5) is 2.60. The van der Waals surface area contributed by atoms with Gasteiger partial charge in [0.1, 0.15) is 0 Å². The predicted octanol–water partition coefficient (Wildman–Crippen LogP) is 3.79. The molecular formula is C16H34N2. The molecule has 0 aromatic carbocycles. The first kappa shape index (κ1) is 16.0. The number of rotatable bonds is 8. The van der Waals surface area contributed by atoms with Crippen LogP contribution in [-0.2, 0) is 0 Å². The molecule has 0 bridgehead atoms. The predicted molar refractivity (Wildman–Crippen MR) is 80.8 cm³/mol. The second-order valence-electron chi connectivity index (χ2n) is 6.33. The van der Waals surface area contributed by atoms with E-state index in [1.807, 2.05) is 0 Å². The van der Waals surface area contributed by atoms with E-state index in [2.05, 4.69) is 25.8 Å². The fraction of sp³-hybridized carbons (Fsp3) is 1.00. The quantitative estimate of drug-likeness (QED) is 0.668. The Hall–Kier alpha value is -0.0800. The average Bonchev–Trinajstić information content (AvgIpc) is 2.38. The minimum absolute atomic E-state index is 0.608. The lowest BCUT2D eigenvalue weighted by molar-refractivity contribution is 0.114. The molecule has 0 spiro atoms. The monoisotopic (exact) mass is 254 g/mol. The summed E-state index contributed by atoms with van der Waals surface area (Å²) in [6.07, 6.45) is 12.3. The lowest BCUT2D eigenvalue weighted by atomic mass is 9.85. The van der Waals surface area contributed by atoms with Crippen molar-refractivity contribution < 1.29 is 0 Å². The van der Waals surface area contributed by atoms with E-state index in [0.717, 1.165) is 18.5 Å². The number of hydrogen-bond acceptors (Lipinski definition) is 2. The van der Waals surface area contributed by atoms with Crippen molar-refractivity contribution in [3.8, 4) is 0 Å². The van der Waals surface area contributed by atoms with Crippen molar-refractivity contribution in [1.29, 1.82) is 0 Å². The maximum Gasteiger partial charge on any atom is 0.0218 e. The fourth-order valence-corrected chi connectivity index (χ4v) is 3.36. The first-order valence-corrected chi connectivity index (χ1v) is 8.11. The Morgan fingerprint density at radius 1 is 1.22 bits per heavy atom. The molecule has 3 unspecified atom stereocenters. The SMILES string of the molecule is CCCCCCC(CN)N(C)C1CCCC(C)C1. The minimum atomic E-state index is 0.608. The van der Waals surface area contributed by atoms with Crippen LogP contribution in [0.15, 0.2) is 0 Å². The van der Waals surface area contributed by atoms with Gasteiger partial charge in [-0.05, 0) is 32.2 Å². The lowest BCUT2D eigenvalue weighted by Gasteiger charge is -2.38. The van der Waals surface area contributed by atoms with Crippen LogP contribution in [0.3, 0.4) is 0 Å². The molecule has 18 heavy (non-hydrogen) atoms. The van der Waals surface area contributed by atoms with Gasteiger partial charge < -0.3 is 5.73 Å². The third-order valence-electron chi connectivity index (χ3n) is 4.72. The van der Waals surface area contributed by atoms with E-state index in [-0.39, 0.29) is 0 Å². The standard InChI is InChI=1S/C16H34N2/c1-4-5-6-7-10-16(13-17)18(3)15-11-8-9-14(2)12-15/h14-16H,4-13,17H2,1-3H3. The van der Waals surface area contributed by atoms with Crippen molar-refractivity contribution in [1.82, 2.24) is 4.90 Å². The van der Waals surface area contributed by atoms with Gasteiger partial charge in [0.2, 0.25) is 0 Å². The van der Waals surface area contributed by atoms with Gasteiger partial charge in [-0.25, -0.2) is 0 Å². The van der Waals surface area contributed by atoms with Crippen molar-refractivity contribution in [2.24, 2.45) is 11.7 Å². The zero-order valence-corrected chi connectivity index (χ0v) is 12.8. The van der Waals surface area contributed by atoms with Gasteiger partial charge in [0.15, 0.2) is 0 Å². The largest absolute Gasteiger partial charge is 0.329 e. The highest BCUT2D eigenvalue weighted by Crippen LogP contribution is 2.28. The molecule has 0 radical (unpaired) electrons. The molecular weight excluding hydrogens is 220 g/mol. The van der Waals surface area contributed by atoms with E-state index >= 15 is 0 Å². The minimum Gasteiger partial charge on any atom is -0.329 e. The van der Waals surface area contributed by atoms with Crippen molar-refractivity contribution >= 4 is 0 Å². The van der Waals surface area contributed by atoms with E-state index in [9.17, 15) is 0 Å². The van der Waals surface area contributed by atoms with Gasteiger partial charge in [-0.3, -0.25) is 4.90 Å². The highest BCUT2D eigenvalue weighted by atomic mass is 15.2. The van der Waals surface area contributed by atoms with Gasteiger partial charge in [0.25, 0.3) is 0 Å². The second kappa shape index (κ2) is 8.92. The molecule has 2 N–H and O–H groups in total. The molecule has 0 saturated heterocycles. The van der Waals surface area contributed by atoms with E-state index in [4.69, 9.17) is 5.73 Å². The van der Waals surface area contributed by atoms with Gasteiger partial charge in [-0.2, -0.15) is 0 Å². The van der Waals surface area contributed by atoms with E-state index in [0.29, 0.717) is 6.04 Å². The highest BCUT2D eigenvalue weighted by Gasteiger charge is 2.26. The van der Waals surface area contributed by atoms with Crippen LogP contribution in [0, 0.1) is 5.92 Å². The Balaban J connectivity index is 2.33. The molecule has 2 heteroatoms. The molecule has 0 heterocycles. The second-order valence-corrected chi connectivity index (χ2v) is 6.33. The number of nitrogens with zero attached hydrogens (tertiary/aromatic N) is 1. The summed E-state index contributed by atoms with van der Waals surface area (Å²) in [6, 6.07) is 1.39. The Morgan fingerprint density at radius 3 is 2.61 bits per heavy atom. The van der Waals surface area contributed by atoms with Gasteiger partial charge in [-0.15, -0.1) is 0 Å². The van der Waals surface area contributed by atoms with Gasteiger partial charge >= 0.3 is 0 Å². The smallest absolute Gasteiger partial charge is 0.0218 e. The van der Waals surface area contributed by atoms with Gasteiger partial charge in [0, 0.05) is 18.6 Å². The number of hydrogen-bond donors (Lipinski definition) is 1. The van der Waals surface area contributed by atoms with E-state index < -0.39 is 0 Å². The number of nitrogens with two attached hydrogens (primary N) is 1. The van der Waals surface area contributed by atoms with Crippen LogP contribution >= 0.6 is 0 Å². The third-order valence-corrected chi connectivity index (χ3v) is 4.72. The highest BCUT2D eigenvalue weighted by molar-refractivity contribution is 4.82. The van der Waals surface area contributed by atoms with Crippen LogP contribution in [0.25, 0.3) is 0 Å². The molecule has 2 nitrogen and oxygen atoms in total. The third kappa shape index (κ3) is 5.27. The summed E-state index contributed by atoms with van der Waals surface area (Å²) in [5, 5.41) is 0. The van der Waals surface area contributed by atoms with Crippen molar-refractivity contribution in [3.63, 3.8) is 0 Å². The van der Waals surface area contributed by atoms with Gasteiger partial charge in [-0.1, -0.05) is 52.4 Å². The Bertz CT molecular complexity index is 205. The summed E-state index contributed by atoms with van der Waals surface area (Å²) >= 11 is 0. The molecule has 1 aliphatic rings. The topological polar surface area (TPSA) is 29.3 Å². The van der Waals surface area contributed by atoms with Crippen LogP contribution in [-0.4, -0.2) is 30.6 Å². The molecule has 1 fully saturated rings. The summed E-state index contributed by atoms with van der Waals surface area (Å²) in [6.45, 7) is 5.50. The molecule has 0 aliphatic heterocycles.